The molecule has 34 heavy (non-hydrogen) atoms. The van der Waals surface area contributed by atoms with Gasteiger partial charge in [0.05, 0.1) is 7.11 Å². The van der Waals surface area contributed by atoms with E-state index in [4.69, 9.17) is 10.5 Å². The number of hydrogen-bond donors (Lipinski definition) is 1. The smallest absolute Gasteiger partial charge is 0.405 e. The van der Waals surface area contributed by atoms with Gasteiger partial charge in [-0.2, -0.15) is 0 Å². The van der Waals surface area contributed by atoms with Crippen LogP contribution in [-0.4, -0.2) is 79.5 Å². The summed E-state index contributed by atoms with van der Waals surface area (Å²) in [6.45, 7) is 17.7. The van der Waals surface area contributed by atoms with Gasteiger partial charge in [0.2, 0.25) is 5.91 Å². The van der Waals surface area contributed by atoms with E-state index in [2.05, 4.69) is 56.0 Å². The van der Waals surface area contributed by atoms with E-state index in [9.17, 15) is 14.4 Å². The quantitative estimate of drug-likeness (QED) is 0.493. The van der Waals surface area contributed by atoms with E-state index in [0.717, 1.165) is 19.3 Å². The van der Waals surface area contributed by atoms with E-state index in [1.807, 2.05) is 4.90 Å². The lowest BCUT2D eigenvalue weighted by Gasteiger charge is -2.35. The minimum atomic E-state index is -0.725. The van der Waals surface area contributed by atoms with E-state index >= 15 is 0 Å². The summed E-state index contributed by atoms with van der Waals surface area (Å²) < 4.78 is 8.44. The molecule has 2 N–H and O–H groups in total. The summed E-state index contributed by atoms with van der Waals surface area (Å²) >= 11 is 0. The molecule has 0 saturated carbocycles. The third kappa shape index (κ3) is 17.3. The lowest BCUT2D eigenvalue weighted by atomic mass is 9.89. The van der Waals surface area contributed by atoms with Crippen LogP contribution in [0.4, 0.5) is 4.79 Å². The first kappa shape index (κ1) is 34.0. The van der Waals surface area contributed by atoms with Gasteiger partial charge in [0, 0.05) is 38.0 Å². The van der Waals surface area contributed by atoms with Gasteiger partial charge in [0.25, 0.3) is 6.47 Å². The minimum absolute atomic E-state index is 0.156. The summed E-state index contributed by atoms with van der Waals surface area (Å²) in [5.74, 6) is 0.589. The molecule has 1 fully saturated rings. The zero-order valence-electron chi connectivity index (χ0n) is 23.1. The van der Waals surface area contributed by atoms with Crippen molar-refractivity contribution in [2.45, 2.75) is 98.8 Å². The molecule has 0 aromatic heterocycles. The van der Waals surface area contributed by atoms with Gasteiger partial charge >= 0.3 is 6.09 Å². The van der Waals surface area contributed by atoms with Crippen LogP contribution in [0.2, 0.25) is 0 Å². The highest BCUT2D eigenvalue weighted by molar-refractivity contribution is 5.76. The van der Waals surface area contributed by atoms with Crippen LogP contribution in [0.5, 0.6) is 0 Å². The molecular weight excluding hydrogens is 438 g/mol. The second-order valence-corrected chi connectivity index (χ2v) is 11.0. The summed E-state index contributed by atoms with van der Waals surface area (Å²) in [5, 5.41) is 0. The van der Waals surface area contributed by atoms with Gasteiger partial charge in [0.1, 0.15) is 11.9 Å². The number of methoxy groups -OCH3 is 1. The van der Waals surface area contributed by atoms with Crippen LogP contribution in [0.3, 0.4) is 0 Å². The molecule has 1 heterocycles. The van der Waals surface area contributed by atoms with Gasteiger partial charge in [-0.25, -0.2) is 4.79 Å². The Balaban J connectivity index is 0. The van der Waals surface area contributed by atoms with Gasteiger partial charge in [-0.15, -0.1) is 0 Å². The lowest BCUT2D eigenvalue weighted by molar-refractivity contribution is -0.134. The molecule has 1 aliphatic rings. The normalized spacial score (nSPS) is 18.1. The van der Waals surface area contributed by atoms with E-state index in [1.54, 1.807) is 20.8 Å². The van der Waals surface area contributed by atoms with Crippen LogP contribution in [0.25, 0.3) is 0 Å². The maximum atomic E-state index is 12.6. The van der Waals surface area contributed by atoms with Crippen molar-refractivity contribution in [2.75, 3.05) is 27.2 Å². The number of amides is 2. The molecule has 0 aromatic carbocycles. The summed E-state index contributed by atoms with van der Waals surface area (Å²) in [6.07, 6.45) is 3.67. The second-order valence-electron chi connectivity index (χ2n) is 11.0. The highest BCUT2D eigenvalue weighted by Gasteiger charge is 2.32. The first-order chi connectivity index (χ1) is 15.5. The van der Waals surface area contributed by atoms with E-state index in [1.165, 1.54) is 13.5 Å². The standard InChI is InChI=1S/C18H34N2O2.C5H11NO2.C2H4O2/c1-14(2)11-17(22)20(13-18(4,5)9-10-21)12-16-8-7-15(3)19(16)6;1-5(2,3)8-4(6)7;1-4-2-3/h10,14-16H,7-9,11-13H2,1-6H3;1-3H3,(H2,6,7);2H,1H3/t15-,16-;;/m1../s1. The fraction of sp³-hybridized carbons (Fsp3) is 0.840. The van der Waals surface area contributed by atoms with Crippen molar-refractivity contribution in [1.29, 1.82) is 0 Å². The molecule has 2 amide bonds. The number of aldehydes is 1. The van der Waals surface area contributed by atoms with Crippen LogP contribution in [0.15, 0.2) is 0 Å². The molecule has 1 aliphatic heterocycles. The fourth-order valence-electron chi connectivity index (χ4n) is 3.52. The Labute approximate surface area is 206 Å². The predicted octanol–water partition coefficient (Wildman–Crippen LogP) is 3.63. The molecule has 200 valence electrons. The molecule has 9 nitrogen and oxygen atoms in total. The molecule has 0 spiro atoms. The number of hydrogen-bond acceptors (Lipinski definition) is 7. The van der Waals surface area contributed by atoms with E-state index in [-0.39, 0.29) is 11.3 Å². The number of ether oxygens (including phenoxy) is 2. The molecule has 9 heteroatoms. The van der Waals surface area contributed by atoms with Gasteiger partial charge in [-0.3, -0.25) is 14.5 Å². The number of primary amides is 1. The number of likely N-dealkylation sites (tertiary alicyclic amines) is 1. The molecule has 0 unspecified atom stereocenters. The van der Waals surface area contributed by atoms with Gasteiger partial charge in [0.15, 0.2) is 0 Å². The van der Waals surface area contributed by atoms with Crippen LogP contribution in [0, 0.1) is 11.3 Å². The largest absolute Gasteiger partial charge is 0.471 e. The van der Waals surface area contributed by atoms with Crippen molar-refractivity contribution in [2.24, 2.45) is 17.1 Å². The maximum absolute atomic E-state index is 12.6. The summed E-state index contributed by atoms with van der Waals surface area (Å²) in [4.78, 5) is 46.9. The summed E-state index contributed by atoms with van der Waals surface area (Å²) in [5.41, 5.74) is 4.11. The Hall–Kier alpha value is -2.16. The molecule has 2 atom stereocenters. The Kier molecular flexibility index (Phi) is 16.5. The number of likely N-dealkylation sites (N-methyl/N-ethyl adjacent to an activating group) is 1. The van der Waals surface area contributed by atoms with Crippen molar-refractivity contribution in [3.8, 4) is 0 Å². The summed E-state index contributed by atoms with van der Waals surface area (Å²) in [6, 6.07) is 1.04. The SMILES string of the molecule is CC(C)(C)OC(N)=O.CC(C)CC(=O)N(C[C@H]1CC[C@@H](C)N1C)CC(C)(C)CC=O.COC=O. The maximum Gasteiger partial charge on any atom is 0.405 e. The van der Waals surface area contributed by atoms with Crippen molar-refractivity contribution in [3.05, 3.63) is 0 Å². The van der Waals surface area contributed by atoms with Crippen LogP contribution in [0.1, 0.15) is 81.1 Å². The van der Waals surface area contributed by atoms with E-state index < -0.39 is 11.7 Å². The number of carbonyl (C=O) groups excluding carboxylic acids is 4. The van der Waals surface area contributed by atoms with Crippen molar-refractivity contribution in [1.82, 2.24) is 9.80 Å². The number of nitrogens with zero attached hydrogens (tertiary/aromatic N) is 2. The average Bonchev–Trinajstić information content (AvgIpc) is 2.97. The first-order valence-electron chi connectivity index (χ1n) is 11.9. The fourth-order valence-corrected chi connectivity index (χ4v) is 3.52. The van der Waals surface area contributed by atoms with E-state index in [0.29, 0.717) is 43.9 Å². The number of rotatable bonds is 9. The van der Waals surface area contributed by atoms with Crippen LogP contribution in [-0.2, 0) is 23.9 Å². The Morgan fingerprint density at radius 3 is 1.97 bits per heavy atom. The van der Waals surface area contributed by atoms with Crippen molar-refractivity contribution in [3.63, 3.8) is 0 Å². The first-order valence-corrected chi connectivity index (χ1v) is 11.9. The number of nitrogens with two attached hydrogens (primary N) is 1. The molecule has 0 radical (unpaired) electrons. The minimum Gasteiger partial charge on any atom is -0.471 e. The van der Waals surface area contributed by atoms with Gasteiger partial charge in [-0.05, 0) is 58.9 Å². The third-order valence-electron chi connectivity index (χ3n) is 5.31. The van der Waals surface area contributed by atoms with Crippen molar-refractivity contribution >= 4 is 24.8 Å². The zero-order valence-corrected chi connectivity index (χ0v) is 23.1. The second kappa shape index (κ2) is 16.5. The average molecular weight is 488 g/mol. The molecule has 1 saturated heterocycles. The Bertz CT molecular complexity index is 616. The topological polar surface area (TPSA) is 119 Å². The zero-order chi connectivity index (χ0) is 27.1. The highest BCUT2D eigenvalue weighted by atomic mass is 16.6. The third-order valence-corrected chi connectivity index (χ3v) is 5.31. The van der Waals surface area contributed by atoms with Crippen LogP contribution >= 0.6 is 0 Å². The van der Waals surface area contributed by atoms with Crippen LogP contribution < -0.4 is 5.73 Å². The molecular formula is C25H49N3O6. The molecule has 1 rings (SSSR count). The monoisotopic (exact) mass is 487 g/mol. The van der Waals surface area contributed by atoms with Gasteiger partial charge in [-0.1, -0.05) is 27.7 Å². The molecule has 0 aromatic rings. The Morgan fingerprint density at radius 2 is 1.68 bits per heavy atom. The highest BCUT2D eigenvalue weighted by Crippen LogP contribution is 2.26. The summed E-state index contributed by atoms with van der Waals surface area (Å²) in [7, 11) is 3.47. The molecule has 0 bridgehead atoms. The number of carbonyl (C=O) groups is 4. The lowest BCUT2D eigenvalue weighted by Crippen LogP contribution is -2.46. The Morgan fingerprint density at radius 1 is 1.15 bits per heavy atom. The predicted molar refractivity (Wildman–Crippen MR) is 134 cm³/mol. The molecule has 0 aliphatic carbocycles. The van der Waals surface area contributed by atoms with Gasteiger partial charge < -0.3 is 24.9 Å². The van der Waals surface area contributed by atoms with Crippen molar-refractivity contribution < 1.29 is 28.7 Å².